The maximum absolute atomic E-state index is 5.09. The molecule has 0 N–H and O–H groups in total. The fourth-order valence-corrected chi connectivity index (χ4v) is 0.696. The van der Waals surface area contributed by atoms with Crippen molar-refractivity contribution >= 4 is 17.7 Å². The van der Waals surface area contributed by atoms with Gasteiger partial charge in [0.25, 0.3) is 0 Å². The third-order valence-corrected chi connectivity index (χ3v) is 1.25. The number of allylic oxidation sites excluding steroid dienone is 1. The summed E-state index contributed by atoms with van der Waals surface area (Å²) in [7, 11) is 1.63. The van der Waals surface area contributed by atoms with E-state index in [1.54, 1.807) is 7.11 Å². The van der Waals surface area contributed by atoms with Crippen LogP contribution >= 0.6 is 0 Å². The summed E-state index contributed by atoms with van der Waals surface area (Å²) in [5.41, 5.74) is 0. The van der Waals surface area contributed by atoms with Crippen molar-refractivity contribution in [3.05, 3.63) is 12.2 Å². The molecule has 60 valence electrons. The van der Waals surface area contributed by atoms with Gasteiger partial charge < -0.3 is 0 Å². The van der Waals surface area contributed by atoms with Gasteiger partial charge in [-0.05, 0) is 0 Å². The van der Waals surface area contributed by atoms with Gasteiger partial charge in [-0.3, -0.25) is 0 Å². The van der Waals surface area contributed by atoms with Gasteiger partial charge in [0.2, 0.25) is 0 Å². The van der Waals surface area contributed by atoms with Crippen molar-refractivity contribution in [2.45, 2.75) is 17.9 Å². The van der Waals surface area contributed by atoms with Gasteiger partial charge in [0.15, 0.2) is 0 Å². The second-order valence-electron chi connectivity index (χ2n) is 2.36. The van der Waals surface area contributed by atoms with Crippen molar-refractivity contribution in [1.29, 1.82) is 0 Å². The van der Waals surface area contributed by atoms with Crippen molar-refractivity contribution in [2.24, 2.45) is 0 Å². The molecule has 0 saturated heterocycles. The molecule has 0 radical (unpaired) electrons. The Hall–Kier alpha value is 0.257. The molecule has 0 atom stereocenters. The quantitative estimate of drug-likeness (QED) is 0.237. The second kappa shape index (κ2) is 10.3. The Balaban J connectivity index is 2.89. The van der Waals surface area contributed by atoms with Gasteiger partial charge in [-0.2, -0.15) is 0 Å². The molecule has 0 amide bonds. The van der Waals surface area contributed by atoms with Crippen LogP contribution in [0.5, 0.6) is 0 Å². The first kappa shape index (κ1) is 11.3. The minimum atomic E-state index is 0.404. The van der Waals surface area contributed by atoms with E-state index in [1.807, 2.05) is 0 Å². The van der Waals surface area contributed by atoms with E-state index in [-0.39, 0.29) is 0 Å². The first-order chi connectivity index (χ1) is 5.41. The normalized spacial score (nSPS) is 11.2. The van der Waals surface area contributed by atoms with E-state index >= 15 is 0 Å². The molecule has 3 heteroatoms. The van der Waals surface area contributed by atoms with E-state index < -0.39 is 0 Å². The van der Waals surface area contributed by atoms with E-state index in [4.69, 9.17) is 9.47 Å². The number of methoxy groups -OCH3 is 1. The summed E-state index contributed by atoms with van der Waals surface area (Å²) < 4.78 is 9.81. The van der Waals surface area contributed by atoms with Crippen molar-refractivity contribution in [3.8, 4) is 0 Å². The van der Waals surface area contributed by atoms with Crippen LogP contribution < -0.4 is 0 Å². The molecule has 0 saturated carbocycles. The topological polar surface area (TPSA) is 18.5 Å². The molecule has 11 heavy (non-hydrogen) atoms. The van der Waals surface area contributed by atoms with Gasteiger partial charge in [-0.25, -0.2) is 0 Å². The first-order valence-corrected chi connectivity index (χ1v) is 4.13. The van der Waals surface area contributed by atoms with E-state index in [2.05, 4.69) is 29.9 Å². The Kier molecular flexibility index (Phi) is 10.5. The van der Waals surface area contributed by atoms with Crippen molar-refractivity contribution in [2.75, 3.05) is 20.5 Å². The van der Waals surface area contributed by atoms with E-state index in [0.29, 0.717) is 6.79 Å². The molecule has 2 nitrogen and oxygen atoms in total. The molecule has 0 aliphatic carbocycles. The summed E-state index contributed by atoms with van der Waals surface area (Å²) in [6.45, 7) is 1.16. The van der Waals surface area contributed by atoms with Crippen molar-refractivity contribution in [3.63, 3.8) is 0 Å². The van der Waals surface area contributed by atoms with Crippen molar-refractivity contribution in [1.82, 2.24) is 0 Å². The standard InChI is InChI=1S/C8H15O2.Li/c1-3-4-5-6-7-10-8-9-2;/h4-5H,1,3,6-8H2,2H3;. The number of hydrogen-bond acceptors (Lipinski definition) is 2. The summed E-state index contributed by atoms with van der Waals surface area (Å²) in [6.07, 6.45) is 6.50. The predicted octanol–water partition coefficient (Wildman–Crippen LogP) is 1.53. The molecule has 0 fully saturated rings. The molecule has 0 aliphatic heterocycles. The zero-order valence-electron chi connectivity index (χ0n) is 7.51. The molecule has 0 rings (SSSR count). The molecule has 0 aromatic carbocycles. The molecule has 0 heterocycles. The zero-order chi connectivity index (χ0) is 8.36. The fraction of sp³-hybridized carbons (Fsp3) is 0.750. The van der Waals surface area contributed by atoms with Crippen LogP contribution in [0.25, 0.3) is 0 Å². The van der Waals surface area contributed by atoms with Gasteiger partial charge in [-0.15, -0.1) is 0 Å². The van der Waals surface area contributed by atoms with Gasteiger partial charge in [0, 0.05) is 0 Å². The molecule has 0 unspecified atom stereocenters. The minimum absolute atomic E-state index is 0.404. The van der Waals surface area contributed by atoms with Crippen LogP contribution in [0.15, 0.2) is 12.2 Å². The van der Waals surface area contributed by atoms with Gasteiger partial charge in [-0.1, -0.05) is 0 Å². The molecular weight excluding hydrogens is 135 g/mol. The van der Waals surface area contributed by atoms with Crippen LogP contribution in [0.2, 0.25) is 5.09 Å². The third kappa shape index (κ3) is 10.3. The Morgan fingerprint density at radius 1 is 1.27 bits per heavy atom. The fourth-order valence-electron chi connectivity index (χ4n) is 0.696. The van der Waals surface area contributed by atoms with Crippen LogP contribution in [0.3, 0.4) is 0 Å². The van der Waals surface area contributed by atoms with E-state index in [9.17, 15) is 0 Å². The molecule has 0 aromatic rings. The SMILES string of the molecule is [Li][CH2]CC=CCCOCOC. The van der Waals surface area contributed by atoms with E-state index in [0.717, 1.165) is 13.0 Å². The zero-order valence-corrected chi connectivity index (χ0v) is 7.51. The summed E-state index contributed by atoms with van der Waals surface area (Å²) in [5, 5.41) is 1.22. The van der Waals surface area contributed by atoms with Crippen LogP contribution in [-0.2, 0) is 9.47 Å². The Bertz CT molecular complexity index is 94.1. The van der Waals surface area contributed by atoms with Crippen LogP contribution in [-0.4, -0.2) is 38.2 Å². The average molecular weight is 150 g/mol. The number of hydrogen-bond donors (Lipinski definition) is 0. The third-order valence-electron chi connectivity index (χ3n) is 1.25. The Morgan fingerprint density at radius 3 is 2.64 bits per heavy atom. The van der Waals surface area contributed by atoms with Crippen LogP contribution in [0.1, 0.15) is 12.8 Å². The van der Waals surface area contributed by atoms with Crippen LogP contribution in [0.4, 0.5) is 0 Å². The molecule has 0 aliphatic rings. The molecule has 0 aromatic heterocycles. The average Bonchev–Trinajstić information content (AvgIpc) is 2.03. The molecule has 0 bridgehead atoms. The summed E-state index contributed by atoms with van der Waals surface area (Å²) in [6, 6.07) is 0. The monoisotopic (exact) mass is 150 g/mol. The number of rotatable bonds is 7. The first-order valence-electron chi connectivity index (χ1n) is 4.13. The van der Waals surface area contributed by atoms with Gasteiger partial charge in [0.1, 0.15) is 0 Å². The maximum atomic E-state index is 5.09. The van der Waals surface area contributed by atoms with Gasteiger partial charge in [0.05, 0.1) is 0 Å². The van der Waals surface area contributed by atoms with Gasteiger partial charge >= 0.3 is 77.8 Å². The molecular formula is C8H15LiO2. The molecule has 0 spiro atoms. The van der Waals surface area contributed by atoms with Crippen LogP contribution in [0, 0.1) is 0 Å². The summed E-state index contributed by atoms with van der Waals surface area (Å²) in [4.78, 5) is 0. The Morgan fingerprint density at radius 2 is 2.00 bits per heavy atom. The predicted molar refractivity (Wildman–Crippen MR) is 46.8 cm³/mol. The summed E-state index contributed by atoms with van der Waals surface area (Å²) >= 11 is 2.17. The summed E-state index contributed by atoms with van der Waals surface area (Å²) in [5.74, 6) is 0. The second-order valence-corrected chi connectivity index (χ2v) is 2.36. The van der Waals surface area contributed by atoms with Crippen molar-refractivity contribution < 1.29 is 9.47 Å². The van der Waals surface area contributed by atoms with E-state index in [1.165, 1.54) is 11.5 Å². The number of ether oxygens (including phenoxy) is 2. The Labute approximate surface area is 78.2 Å².